The fraction of sp³-hybridized carbons (Fsp3) is 0.0526. The molecule has 3 aromatic rings. The first-order valence-electron chi connectivity index (χ1n) is 7.58. The molecule has 6 heteroatoms. The number of nitrogens with zero attached hydrogens (tertiary/aromatic N) is 1. The zero-order valence-corrected chi connectivity index (χ0v) is 13.2. The average molecular weight is 336 g/mol. The molecular weight excluding hydrogens is 320 g/mol. The van der Waals surface area contributed by atoms with Gasteiger partial charge in [0.15, 0.2) is 18.1 Å². The Kier molecular flexibility index (Phi) is 4.80. The van der Waals surface area contributed by atoms with Crippen LogP contribution in [0.15, 0.2) is 65.8 Å². The van der Waals surface area contributed by atoms with Gasteiger partial charge in [-0.3, -0.25) is 4.79 Å². The molecule has 3 rings (SSSR count). The van der Waals surface area contributed by atoms with E-state index < -0.39 is 5.91 Å². The normalized spacial score (nSPS) is 10.9. The van der Waals surface area contributed by atoms with Crippen molar-refractivity contribution < 1.29 is 19.7 Å². The average Bonchev–Trinajstić information content (AvgIpc) is 2.63. The van der Waals surface area contributed by atoms with Crippen LogP contribution in [-0.2, 0) is 4.79 Å². The van der Waals surface area contributed by atoms with Gasteiger partial charge in [0, 0.05) is 5.56 Å². The Morgan fingerprint density at radius 2 is 1.84 bits per heavy atom. The molecule has 0 aromatic heterocycles. The van der Waals surface area contributed by atoms with Gasteiger partial charge in [0.25, 0.3) is 5.91 Å². The molecule has 1 amide bonds. The van der Waals surface area contributed by atoms with E-state index in [1.54, 1.807) is 18.2 Å². The number of phenolic OH excluding ortho intramolecular Hbond substituents is 2. The summed E-state index contributed by atoms with van der Waals surface area (Å²) in [5.41, 5.74) is 2.59. The number of carbonyl (C=O) groups is 1. The summed E-state index contributed by atoms with van der Waals surface area (Å²) in [6, 6.07) is 17.9. The third-order valence-electron chi connectivity index (χ3n) is 3.53. The predicted molar refractivity (Wildman–Crippen MR) is 95.0 cm³/mol. The van der Waals surface area contributed by atoms with Crippen molar-refractivity contribution in [2.75, 3.05) is 6.61 Å². The lowest BCUT2D eigenvalue weighted by Gasteiger charge is -2.06. The molecule has 0 atom stereocenters. The lowest BCUT2D eigenvalue weighted by Crippen LogP contribution is -2.24. The number of fused-ring (bicyclic) bond motifs is 1. The minimum Gasteiger partial charge on any atom is -0.504 e. The summed E-state index contributed by atoms with van der Waals surface area (Å²) < 4.78 is 5.45. The van der Waals surface area contributed by atoms with E-state index in [0.29, 0.717) is 5.75 Å². The van der Waals surface area contributed by atoms with Gasteiger partial charge in [-0.1, -0.05) is 36.4 Å². The third kappa shape index (κ3) is 4.06. The molecule has 0 heterocycles. The molecular formula is C19H16N2O4. The van der Waals surface area contributed by atoms with Crippen LogP contribution in [0, 0.1) is 0 Å². The zero-order chi connectivity index (χ0) is 17.6. The van der Waals surface area contributed by atoms with E-state index >= 15 is 0 Å². The maximum absolute atomic E-state index is 11.8. The van der Waals surface area contributed by atoms with E-state index in [1.807, 2.05) is 36.4 Å². The first-order valence-corrected chi connectivity index (χ1v) is 7.58. The van der Waals surface area contributed by atoms with Crippen LogP contribution in [-0.4, -0.2) is 28.9 Å². The standard InChI is InChI=1S/C19H16N2O4/c22-17-7-3-6-15(19(17)24)11-20-21-18(23)12-25-16-9-8-13-4-1-2-5-14(13)10-16/h1-11,22,24H,12H2,(H,21,23). The Morgan fingerprint density at radius 1 is 1.04 bits per heavy atom. The quantitative estimate of drug-likeness (QED) is 0.379. The summed E-state index contributed by atoms with van der Waals surface area (Å²) in [5, 5.41) is 24.8. The van der Waals surface area contributed by atoms with Crippen LogP contribution in [0.25, 0.3) is 10.8 Å². The second kappa shape index (κ2) is 7.35. The Hall–Kier alpha value is -3.54. The van der Waals surface area contributed by atoms with E-state index in [-0.39, 0.29) is 23.7 Å². The molecule has 0 aliphatic heterocycles. The number of amides is 1. The van der Waals surface area contributed by atoms with E-state index in [4.69, 9.17) is 4.74 Å². The predicted octanol–water partition coefficient (Wildman–Crippen LogP) is 2.78. The second-order valence-corrected chi connectivity index (χ2v) is 5.31. The van der Waals surface area contributed by atoms with Crippen molar-refractivity contribution in [3.05, 3.63) is 66.2 Å². The van der Waals surface area contributed by atoms with Gasteiger partial charge in [0.2, 0.25) is 0 Å². The second-order valence-electron chi connectivity index (χ2n) is 5.31. The number of rotatable bonds is 5. The van der Waals surface area contributed by atoms with Gasteiger partial charge >= 0.3 is 0 Å². The highest BCUT2D eigenvalue weighted by atomic mass is 16.5. The number of hydrazone groups is 1. The van der Waals surface area contributed by atoms with Crippen molar-refractivity contribution in [3.8, 4) is 17.2 Å². The Bertz CT molecular complexity index is 938. The number of benzene rings is 3. The Balaban J connectivity index is 1.55. The molecule has 126 valence electrons. The third-order valence-corrected chi connectivity index (χ3v) is 3.53. The molecule has 0 aliphatic carbocycles. The van der Waals surface area contributed by atoms with Crippen LogP contribution in [0.5, 0.6) is 17.2 Å². The maximum Gasteiger partial charge on any atom is 0.277 e. The topological polar surface area (TPSA) is 91.2 Å². The number of hydrogen-bond donors (Lipinski definition) is 3. The van der Waals surface area contributed by atoms with Gasteiger partial charge in [-0.15, -0.1) is 0 Å². The summed E-state index contributed by atoms with van der Waals surface area (Å²) in [6.45, 7) is -0.193. The van der Waals surface area contributed by atoms with Gasteiger partial charge in [-0.2, -0.15) is 5.10 Å². The number of hydrogen-bond acceptors (Lipinski definition) is 5. The largest absolute Gasteiger partial charge is 0.504 e. The van der Waals surface area contributed by atoms with E-state index in [1.165, 1.54) is 12.3 Å². The zero-order valence-electron chi connectivity index (χ0n) is 13.2. The SMILES string of the molecule is O=C(COc1ccc2ccccc2c1)NN=Cc1cccc(O)c1O. The van der Waals surface area contributed by atoms with Crippen LogP contribution < -0.4 is 10.2 Å². The maximum atomic E-state index is 11.8. The number of nitrogens with one attached hydrogen (secondary N) is 1. The van der Waals surface area contributed by atoms with Crippen molar-refractivity contribution in [3.63, 3.8) is 0 Å². The molecule has 0 bridgehead atoms. The molecule has 3 N–H and O–H groups in total. The number of carbonyl (C=O) groups excluding carboxylic acids is 1. The lowest BCUT2D eigenvalue weighted by atomic mass is 10.1. The van der Waals surface area contributed by atoms with Gasteiger partial charge in [0.05, 0.1) is 6.21 Å². The fourth-order valence-corrected chi connectivity index (χ4v) is 2.27. The minimum absolute atomic E-state index is 0.193. The minimum atomic E-state index is -0.441. The lowest BCUT2D eigenvalue weighted by molar-refractivity contribution is -0.123. The summed E-state index contributed by atoms with van der Waals surface area (Å²) in [7, 11) is 0. The van der Waals surface area contributed by atoms with Crippen molar-refractivity contribution >= 4 is 22.9 Å². The molecule has 3 aromatic carbocycles. The fourth-order valence-electron chi connectivity index (χ4n) is 2.27. The van der Waals surface area contributed by atoms with Gasteiger partial charge in [-0.25, -0.2) is 5.43 Å². The van der Waals surface area contributed by atoms with E-state index in [2.05, 4.69) is 10.5 Å². The van der Waals surface area contributed by atoms with Crippen LogP contribution >= 0.6 is 0 Å². The number of phenols is 2. The molecule has 6 nitrogen and oxygen atoms in total. The number of para-hydroxylation sites is 1. The number of aromatic hydroxyl groups is 2. The summed E-state index contributed by atoms with van der Waals surface area (Å²) in [4.78, 5) is 11.8. The monoisotopic (exact) mass is 336 g/mol. The summed E-state index contributed by atoms with van der Waals surface area (Å²) in [5.74, 6) is -0.407. The van der Waals surface area contributed by atoms with E-state index in [9.17, 15) is 15.0 Å². The molecule has 0 saturated heterocycles. The molecule has 0 spiro atoms. The van der Waals surface area contributed by atoms with Gasteiger partial charge < -0.3 is 14.9 Å². The molecule has 25 heavy (non-hydrogen) atoms. The molecule has 0 fully saturated rings. The van der Waals surface area contributed by atoms with Crippen LogP contribution in [0.2, 0.25) is 0 Å². The number of ether oxygens (including phenoxy) is 1. The van der Waals surface area contributed by atoms with Crippen molar-refractivity contribution in [1.82, 2.24) is 5.43 Å². The van der Waals surface area contributed by atoms with Gasteiger partial charge in [0.1, 0.15) is 5.75 Å². The summed E-state index contributed by atoms with van der Waals surface area (Å²) >= 11 is 0. The van der Waals surface area contributed by atoms with Gasteiger partial charge in [-0.05, 0) is 35.0 Å². The smallest absolute Gasteiger partial charge is 0.277 e. The highest BCUT2D eigenvalue weighted by molar-refractivity contribution is 5.86. The summed E-state index contributed by atoms with van der Waals surface area (Å²) in [6.07, 6.45) is 1.24. The Labute approximate surface area is 144 Å². The van der Waals surface area contributed by atoms with E-state index in [0.717, 1.165) is 10.8 Å². The van der Waals surface area contributed by atoms with Crippen molar-refractivity contribution in [1.29, 1.82) is 0 Å². The van der Waals surface area contributed by atoms with Crippen molar-refractivity contribution in [2.45, 2.75) is 0 Å². The van der Waals surface area contributed by atoms with Crippen LogP contribution in [0.3, 0.4) is 0 Å². The first kappa shape index (κ1) is 16.3. The molecule has 0 aliphatic rings. The molecule has 0 saturated carbocycles. The Morgan fingerprint density at radius 3 is 2.68 bits per heavy atom. The molecule has 0 unspecified atom stereocenters. The van der Waals surface area contributed by atoms with Crippen LogP contribution in [0.1, 0.15) is 5.56 Å². The molecule has 0 radical (unpaired) electrons. The highest BCUT2D eigenvalue weighted by Gasteiger charge is 2.04. The first-order chi connectivity index (χ1) is 12.1. The highest BCUT2D eigenvalue weighted by Crippen LogP contribution is 2.26. The van der Waals surface area contributed by atoms with Crippen LogP contribution in [0.4, 0.5) is 0 Å². The van der Waals surface area contributed by atoms with Crippen molar-refractivity contribution in [2.24, 2.45) is 5.10 Å².